The Bertz CT molecular complexity index is 962. The number of hydrogen-bond donors (Lipinski definition) is 2. The van der Waals surface area contributed by atoms with Crippen molar-refractivity contribution in [3.05, 3.63) is 82.8 Å². The minimum Gasteiger partial charge on any atom is -0.508 e. The van der Waals surface area contributed by atoms with Gasteiger partial charge in [-0.25, -0.2) is 0 Å². The van der Waals surface area contributed by atoms with Crippen LogP contribution in [-0.4, -0.2) is 11.0 Å². The Morgan fingerprint density at radius 2 is 1.89 bits per heavy atom. The molecular formula is C23H23NO4. The number of rotatable bonds is 6. The maximum atomic E-state index is 12.6. The van der Waals surface area contributed by atoms with Crippen molar-refractivity contribution in [2.75, 3.05) is 0 Å². The number of amides is 1. The molecule has 1 heterocycles. The molecule has 144 valence electrons. The van der Waals surface area contributed by atoms with Crippen molar-refractivity contribution in [3.8, 4) is 11.5 Å². The number of carbonyl (C=O) groups is 1. The number of aromatic hydroxyl groups is 1. The van der Waals surface area contributed by atoms with Crippen LogP contribution < -0.4 is 10.1 Å². The van der Waals surface area contributed by atoms with E-state index in [1.807, 2.05) is 36.4 Å². The summed E-state index contributed by atoms with van der Waals surface area (Å²) in [4.78, 5) is 12.6. The number of carbonyl (C=O) groups excluding carboxylic acids is 1. The van der Waals surface area contributed by atoms with Crippen molar-refractivity contribution < 1.29 is 19.1 Å². The molecule has 5 nitrogen and oxygen atoms in total. The van der Waals surface area contributed by atoms with Gasteiger partial charge in [0.05, 0.1) is 6.26 Å². The third-order valence-corrected chi connectivity index (χ3v) is 5.14. The van der Waals surface area contributed by atoms with Crippen molar-refractivity contribution in [3.63, 3.8) is 0 Å². The highest BCUT2D eigenvalue weighted by atomic mass is 16.5. The summed E-state index contributed by atoms with van der Waals surface area (Å²) in [6, 6.07) is 14.9. The highest BCUT2D eigenvalue weighted by Gasteiger charge is 2.19. The van der Waals surface area contributed by atoms with Gasteiger partial charge in [-0.1, -0.05) is 24.3 Å². The number of ether oxygens (including phenoxy) is 1. The van der Waals surface area contributed by atoms with Crippen LogP contribution in [0.5, 0.6) is 11.5 Å². The molecule has 0 spiro atoms. The number of fused-ring (bicyclic) bond motifs is 1. The van der Waals surface area contributed by atoms with Crippen LogP contribution in [-0.2, 0) is 26.0 Å². The Morgan fingerprint density at radius 1 is 1.07 bits per heavy atom. The Morgan fingerprint density at radius 3 is 2.75 bits per heavy atom. The summed E-state index contributed by atoms with van der Waals surface area (Å²) in [5.74, 6) is 0.883. The van der Waals surface area contributed by atoms with Crippen LogP contribution in [0.2, 0.25) is 0 Å². The minimum atomic E-state index is -0.315. The molecule has 0 fully saturated rings. The maximum Gasteiger partial charge on any atom is 0.287 e. The standard InChI is InChI=1S/C23H23NO4/c25-21-11-10-16-6-4-5-9-19(16)20(21)14-24-23(26)22-17(12-13-27-22)15-28-18-7-2-1-3-8-18/h1-3,7-8,10-13,25H,4-6,9,14-15H2,(H,24,26). The van der Waals surface area contributed by atoms with Crippen LogP contribution >= 0.6 is 0 Å². The van der Waals surface area contributed by atoms with E-state index in [1.54, 1.807) is 12.1 Å². The largest absolute Gasteiger partial charge is 0.508 e. The van der Waals surface area contributed by atoms with Crippen molar-refractivity contribution in [1.82, 2.24) is 5.32 Å². The van der Waals surface area contributed by atoms with Crippen LogP contribution in [0, 0.1) is 0 Å². The van der Waals surface area contributed by atoms with E-state index >= 15 is 0 Å². The van der Waals surface area contributed by atoms with E-state index in [4.69, 9.17) is 9.15 Å². The molecule has 1 amide bonds. The van der Waals surface area contributed by atoms with Gasteiger partial charge in [0.25, 0.3) is 5.91 Å². The Balaban J connectivity index is 1.43. The van der Waals surface area contributed by atoms with Gasteiger partial charge in [0.15, 0.2) is 5.76 Å². The number of para-hydroxylation sites is 1. The van der Waals surface area contributed by atoms with Gasteiger partial charge in [-0.2, -0.15) is 0 Å². The zero-order valence-electron chi connectivity index (χ0n) is 15.6. The third kappa shape index (κ3) is 3.88. The summed E-state index contributed by atoms with van der Waals surface area (Å²) < 4.78 is 11.1. The van der Waals surface area contributed by atoms with Crippen LogP contribution in [0.4, 0.5) is 0 Å². The number of phenols is 1. The highest BCUT2D eigenvalue weighted by Crippen LogP contribution is 2.30. The fourth-order valence-electron chi connectivity index (χ4n) is 3.66. The number of nitrogens with one attached hydrogen (secondary N) is 1. The molecule has 1 aliphatic carbocycles. The first-order chi connectivity index (χ1) is 13.7. The second-order valence-corrected chi connectivity index (χ2v) is 6.97. The van der Waals surface area contributed by atoms with E-state index in [-0.39, 0.29) is 30.6 Å². The molecule has 0 radical (unpaired) electrons. The van der Waals surface area contributed by atoms with Crippen molar-refractivity contribution in [1.29, 1.82) is 0 Å². The Kier molecular flexibility index (Phi) is 5.33. The molecular weight excluding hydrogens is 354 g/mol. The van der Waals surface area contributed by atoms with Gasteiger partial charge < -0.3 is 19.6 Å². The molecule has 0 atom stereocenters. The molecule has 2 aromatic carbocycles. The average Bonchev–Trinajstić information content (AvgIpc) is 3.21. The lowest BCUT2D eigenvalue weighted by atomic mass is 9.87. The Labute approximate surface area is 164 Å². The van der Waals surface area contributed by atoms with Gasteiger partial charge in [-0.15, -0.1) is 0 Å². The van der Waals surface area contributed by atoms with E-state index < -0.39 is 0 Å². The average molecular weight is 377 g/mol. The van der Waals surface area contributed by atoms with Gasteiger partial charge in [-0.05, 0) is 61.1 Å². The van der Waals surface area contributed by atoms with Gasteiger partial charge in [0, 0.05) is 17.7 Å². The fraction of sp³-hybridized carbons (Fsp3) is 0.261. The number of aryl methyl sites for hydroxylation is 1. The smallest absolute Gasteiger partial charge is 0.287 e. The van der Waals surface area contributed by atoms with Crippen molar-refractivity contribution >= 4 is 5.91 Å². The molecule has 28 heavy (non-hydrogen) atoms. The van der Waals surface area contributed by atoms with Crippen LogP contribution in [0.3, 0.4) is 0 Å². The molecule has 0 saturated heterocycles. The summed E-state index contributed by atoms with van der Waals surface area (Å²) in [5, 5.41) is 13.2. The first-order valence-corrected chi connectivity index (χ1v) is 9.57. The number of phenolic OH excluding ortho intramolecular Hbond substituents is 1. The van der Waals surface area contributed by atoms with Gasteiger partial charge in [0.1, 0.15) is 18.1 Å². The minimum absolute atomic E-state index is 0.230. The first kappa shape index (κ1) is 18.2. The molecule has 5 heteroatoms. The predicted octanol–water partition coefficient (Wildman–Crippen LogP) is 4.37. The van der Waals surface area contributed by atoms with E-state index in [0.29, 0.717) is 5.56 Å². The zero-order valence-corrected chi connectivity index (χ0v) is 15.6. The normalized spacial score (nSPS) is 13.0. The summed E-state index contributed by atoms with van der Waals surface area (Å²) in [6.07, 6.45) is 5.72. The second kappa shape index (κ2) is 8.21. The van der Waals surface area contributed by atoms with Gasteiger partial charge in [0.2, 0.25) is 0 Å². The molecule has 0 aliphatic heterocycles. The van der Waals surface area contributed by atoms with Crippen LogP contribution in [0.1, 0.15) is 45.7 Å². The quantitative estimate of drug-likeness (QED) is 0.669. The van der Waals surface area contributed by atoms with Crippen molar-refractivity contribution in [2.24, 2.45) is 0 Å². The molecule has 0 saturated carbocycles. The lowest BCUT2D eigenvalue weighted by Crippen LogP contribution is -2.25. The molecule has 2 N–H and O–H groups in total. The van der Waals surface area contributed by atoms with Crippen LogP contribution in [0.15, 0.2) is 59.2 Å². The first-order valence-electron chi connectivity index (χ1n) is 9.57. The molecule has 3 aromatic rings. The molecule has 0 unspecified atom stereocenters. The van der Waals surface area contributed by atoms with Crippen molar-refractivity contribution in [2.45, 2.75) is 38.8 Å². The summed E-state index contributed by atoms with van der Waals surface area (Å²) in [5.41, 5.74) is 3.92. The number of furan rings is 1. The summed E-state index contributed by atoms with van der Waals surface area (Å²) in [7, 11) is 0. The summed E-state index contributed by atoms with van der Waals surface area (Å²) in [6.45, 7) is 0.517. The van der Waals surface area contributed by atoms with Gasteiger partial charge >= 0.3 is 0 Å². The zero-order chi connectivity index (χ0) is 19.3. The lowest BCUT2D eigenvalue weighted by Gasteiger charge is -2.20. The van der Waals surface area contributed by atoms with Gasteiger partial charge in [-0.3, -0.25) is 4.79 Å². The topological polar surface area (TPSA) is 71.7 Å². The van der Waals surface area contributed by atoms with Crippen LogP contribution in [0.25, 0.3) is 0 Å². The highest BCUT2D eigenvalue weighted by molar-refractivity contribution is 5.92. The molecule has 1 aromatic heterocycles. The predicted molar refractivity (Wildman–Crippen MR) is 105 cm³/mol. The van der Waals surface area contributed by atoms with E-state index in [2.05, 4.69) is 5.32 Å². The second-order valence-electron chi connectivity index (χ2n) is 6.97. The molecule has 1 aliphatic rings. The SMILES string of the molecule is O=C(NCc1c(O)ccc2c1CCCC2)c1occc1COc1ccccc1. The van der Waals surface area contributed by atoms with E-state index in [0.717, 1.165) is 30.6 Å². The van der Waals surface area contributed by atoms with E-state index in [9.17, 15) is 9.90 Å². The summed E-state index contributed by atoms with van der Waals surface area (Å²) >= 11 is 0. The molecule has 4 rings (SSSR count). The fourth-order valence-corrected chi connectivity index (χ4v) is 3.66. The number of hydrogen-bond acceptors (Lipinski definition) is 4. The van der Waals surface area contributed by atoms with E-state index in [1.165, 1.54) is 23.8 Å². The maximum absolute atomic E-state index is 12.6. The monoisotopic (exact) mass is 377 g/mol. The third-order valence-electron chi connectivity index (χ3n) is 5.14. The molecule has 0 bridgehead atoms. The lowest BCUT2D eigenvalue weighted by molar-refractivity contribution is 0.0919. The Hall–Kier alpha value is -3.21. The number of benzene rings is 2.